The van der Waals surface area contributed by atoms with Crippen LogP contribution < -0.4 is 5.32 Å². The quantitative estimate of drug-likeness (QED) is 0.659. The van der Waals surface area contributed by atoms with Crippen molar-refractivity contribution >= 4 is 39.3 Å². The van der Waals surface area contributed by atoms with Crippen molar-refractivity contribution in [3.63, 3.8) is 0 Å². The van der Waals surface area contributed by atoms with Crippen LogP contribution in [-0.4, -0.2) is 54.0 Å². The lowest BCUT2D eigenvalue weighted by Gasteiger charge is -2.30. The summed E-state index contributed by atoms with van der Waals surface area (Å²) in [5.74, 6) is -1.82. The van der Waals surface area contributed by atoms with Gasteiger partial charge in [-0.3, -0.25) is 14.4 Å². The molecule has 1 atom stereocenters. The molecule has 0 saturated carbocycles. The van der Waals surface area contributed by atoms with Gasteiger partial charge in [-0.2, -0.15) is 0 Å². The number of carbonyl (C=O) groups excluding carboxylic acids is 3. The summed E-state index contributed by atoms with van der Waals surface area (Å²) in [5, 5.41) is 3.27. The molecule has 2 aromatic rings. The van der Waals surface area contributed by atoms with Crippen molar-refractivity contribution in [2.24, 2.45) is 0 Å². The molecule has 0 bridgehead atoms. The summed E-state index contributed by atoms with van der Waals surface area (Å²) >= 11 is 5.93. The number of amides is 3. The number of hydrogen-bond acceptors (Lipinski definition) is 5. The molecular weight excluding hydrogens is 454 g/mol. The number of nitrogens with one attached hydrogen (secondary N) is 1. The van der Waals surface area contributed by atoms with Crippen molar-refractivity contribution in [2.45, 2.75) is 44.3 Å². The second kappa shape index (κ2) is 9.30. The molecule has 0 aliphatic carbocycles. The summed E-state index contributed by atoms with van der Waals surface area (Å²) in [4.78, 5) is 39.7. The van der Waals surface area contributed by atoms with Gasteiger partial charge in [-0.15, -0.1) is 0 Å². The van der Waals surface area contributed by atoms with Crippen molar-refractivity contribution in [2.75, 3.05) is 6.54 Å². The Morgan fingerprint density at radius 3 is 2.28 bits per heavy atom. The Kier molecular flexibility index (Phi) is 6.90. The first kappa shape index (κ1) is 23.7. The summed E-state index contributed by atoms with van der Waals surface area (Å²) < 4.78 is 26.2. The Hall–Kier alpha value is -2.91. The SMILES string of the molecule is CC(C)NC(=O)[C@H](C)N(Cc1ccc(Cl)cc1)C(=O)CN1C(=O)c2ccccc2S1(=O)=O. The van der Waals surface area contributed by atoms with Crippen LogP contribution in [0.5, 0.6) is 0 Å². The molecule has 0 saturated heterocycles. The molecule has 3 amide bonds. The highest BCUT2D eigenvalue weighted by atomic mass is 35.5. The second-order valence-corrected chi connectivity index (χ2v) is 10.1. The molecule has 0 fully saturated rings. The van der Waals surface area contributed by atoms with Crippen LogP contribution in [0.25, 0.3) is 0 Å². The minimum Gasteiger partial charge on any atom is -0.352 e. The van der Waals surface area contributed by atoms with Gasteiger partial charge in [0.25, 0.3) is 15.9 Å². The van der Waals surface area contributed by atoms with E-state index in [9.17, 15) is 22.8 Å². The Labute approximate surface area is 192 Å². The molecule has 0 unspecified atom stereocenters. The van der Waals surface area contributed by atoms with Gasteiger partial charge in [0.15, 0.2) is 0 Å². The number of carbonyl (C=O) groups is 3. The highest BCUT2D eigenvalue weighted by Gasteiger charge is 2.43. The van der Waals surface area contributed by atoms with E-state index in [0.29, 0.717) is 14.9 Å². The van der Waals surface area contributed by atoms with Gasteiger partial charge in [0, 0.05) is 17.6 Å². The van der Waals surface area contributed by atoms with Crippen LogP contribution in [0.2, 0.25) is 5.02 Å². The zero-order valence-corrected chi connectivity index (χ0v) is 19.5. The molecule has 3 rings (SSSR count). The molecule has 0 aromatic heterocycles. The summed E-state index contributed by atoms with van der Waals surface area (Å²) in [6.07, 6.45) is 0. The first-order valence-corrected chi connectivity index (χ1v) is 11.8. The predicted octanol–water partition coefficient (Wildman–Crippen LogP) is 2.43. The number of rotatable bonds is 7. The van der Waals surface area contributed by atoms with E-state index in [1.807, 2.05) is 0 Å². The van der Waals surface area contributed by atoms with Gasteiger partial charge in [0.05, 0.1) is 5.56 Å². The topological polar surface area (TPSA) is 104 Å². The first-order valence-electron chi connectivity index (χ1n) is 10.0. The second-order valence-electron chi connectivity index (χ2n) is 7.80. The largest absolute Gasteiger partial charge is 0.352 e. The highest BCUT2D eigenvalue weighted by molar-refractivity contribution is 7.90. The summed E-state index contributed by atoms with van der Waals surface area (Å²) in [6, 6.07) is 11.5. The van der Waals surface area contributed by atoms with Crippen molar-refractivity contribution in [1.29, 1.82) is 0 Å². The summed E-state index contributed by atoms with van der Waals surface area (Å²) in [7, 11) is -4.15. The lowest BCUT2D eigenvalue weighted by molar-refractivity contribution is -0.140. The smallest absolute Gasteiger partial charge is 0.269 e. The lowest BCUT2D eigenvalue weighted by Crippen LogP contribution is -2.52. The zero-order chi connectivity index (χ0) is 23.6. The molecule has 2 aromatic carbocycles. The van der Waals surface area contributed by atoms with Gasteiger partial charge in [-0.25, -0.2) is 12.7 Å². The van der Waals surface area contributed by atoms with Gasteiger partial charge >= 0.3 is 0 Å². The normalized spacial score (nSPS) is 15.4. The van der Waals surface area contributed by atoms with Crippen LogP contribution in [0.1, 0.15) is 36.7 Å². The minimum atomic E-state index is -4.15. The monoisotopic (exact) mass is 477 g/mol. The van der Waals surface area contributed by atoms with Crippen LogP contribution in [0, 0.1) is 0 Å². The zero-order valence-electron chi connectivity index (χ0n) is 17.9. The average molecular weight is 478 g/mol. The third-order valence-corrected chi connectivity index (χ3v) is 7.09. The van der Waals surface area contributed by atoms with Crippen LogP contribution in [0.3, 0.4) is 0 Å². The van der Waals surface area contributed by atoms with Crippen molar-refractivity contribution in [3.05, 3.63) is 64.7 Å². The molecule has 32 heavy (non-hydrogen) atoms. The predicted molar refractivity (Wildman–Crippen MR) is 119 cm³/mol. The van der Waals surface area contributed by atoms with E-state index >= 15 is 0 Å². The molecule has 0 radical (unpaired) electrons. The van der Waals surface area contributed by atoms with Crippen molar-refractivity contribution in [3.8, 4) is 0 Å². The molecule has 1 N–H and O–H groups in total. The number of halogens is 1. The maximum Gasteiger partial charge on any atom is 0.269 e. The molecule has 10 heteroatoms. The summed E-state index contributed by atoms with van der Waals surface area (Å²) in [6.45, 7) is 4.48. The maximum absolute atomic E-state index is 13.2. The Morgan fingerprint density at radius 1 is 1.06 bits per heavy atom. The van der Waals surface area contributed by atoms with Crippen molar-refractivity contribution in [1.82, 2.24) is 14.5 Å². The maximum atomic E-state index is 13.2. The average Bonchev–Trinajstić information content (AvgIpc) is 2.93. The van der Waals surface area contributed by atoms with Gasteiger partial charge in [-0.1, -0.05) is 35.9 Å². The van der Waals surface area contributed by atoms with E-state index < -0.39 is 34.4 Å². The Bertz CT molecular complexity index is 1150. The minimum absolute atomic E-state index is 0.0233. The van der Waals surface area contributed by atoms with Crippen LogP contribution in [-0.2, 0) is 26.2 Å². The fourth-order valence-electron chi connectivity index (χ4n) is 3.38. The first-order chi connectivity index (χ1) is 15.0. The van der Waals surface area contributed by atoms with E-state index in [0.717, 1.165) is 0 Å². The van der Waals surface area contributed by atoms with Gasteiger partial charge < -0.3 is 10.2 Å². The molecule has 1 aliphatic rings. The van der Waals surface area contributed by atoms with Gasteiger partial charge in [0.2, 0.25) is 11.8 Å². The van der Waals surface area contributed by atoms with Gasteiger partial charge in [-0.05, 0) is 50.6 Å². The molecule has 1 aliphatic heterocycles. The molecule has 1 heterocycles. The number of benzene rings is 2. The fraction of sp³-hybridized carbons (Fsp3) is 0.318. The van der Waals surface area contributed by atoms with E-state index in [2.05, 4.69) is 5.32 Å². The van der Waals surface area contributed by atoms with Crippen LogP contribution in [0.4, 0.5) is 0 Å². The fourth-order valence-corrected chi connectivity index (χ4v) is 5.02. The van der Waals surface area contributed by atoms with E-state index in [-0.39, 0.29) is 29.0 Å². The number of hydrogen-bond donors (Lipinski definition) is 1. The third kappa shape index (κ3) is 4.78. The highest BCUT2D eigenvalue weighted by Crippen LogP contribution is 2.30. The number of sulfonamides is 1. The standard InChI is InChI=1S/C22H24ClN3O5S/c1-14(2)24-21(28)15(3)25(12-16-8-10-17(23)11-9-16)20(27)13-26-22(29)18-6-4-5-7-19(18)32(26,30)31/h4-11,14-15H,12-13H2,1-3H3,(H,24,28)/t15-/m0/s1. The Morgan fingerprint density at radius 2 is 1.69 bits per heavy atom. The third-order valence-electron chi connectivity index (χ3n) is 5.06. The van der Waals surface area contributed by atoms with E-state index in [1.165, 1.54) is 23.1 Å². The summed E-state index contributed by atoms with van der Waals surface area (Å²) in [5.41, 5.74) is 0.723. The lowest BCUT2D eigenvalue weighted by atomic mass is 10.1. The van der Waals surface area contributed by atoms with E-state index in [1.54, 1.807) is 51.1 Å². The van der Waals surface area contributed by atoms with Gasteiger partial charge in [0.1, 0.15) is 17.5 Å². The van der Waals surface area contributed by atoms with Crippen LogP contribution >= 0.6 is 11.6 Å². The van der Waals surface area contributed by atoms with E-state index in [4.69, 9.17) is 11.6 Å². The molecule has 0 spiro atoms. The number of fused-ring (bicyclic) bond motifs is 1. The van der Waals surface area contributed by atoms with Crippen molar-refractivity contribution < 1.29 is 22.8 Å². The molecule has 8 nitrogen and oxygen atoms in total. The van der Waals surface area contributed by atoms with Crippen LogP contribution in [0.15, 0.2) is 53.4 Å². The molecular formula is C22H24ClN3O5S. The molecule has 170 valence electrons. The number of nitrogens with zero attached hydrogens (tertiary/aromatic N) is 2. The Balaban J connectivity index is 1.89.